The zero-order chi connectivity index (χ0) is 19.7. The zero-order valence-corrected chi connectivity index (χ0v) is 17.2. The first-order valence-corrected chi connectivity index (χ1v) is 9.34. The molecule has 2 aromatic carbocycles. The highest BCUT2D eigenvalue weighted by Crippen LogP contribution is 2.22. The summed E-state index contributed by atoms with van der Waals surface area (Å²) in [5, 5.41) is 12.6. The van der Waals surface area contributed by atoms with Gasteiger partial charge in [-0.15, -0.1) is 0 Å². The van der Waals surface area contributed by atoms with Crippen molar-refractivity contribution >= 4 is 48.6 Å². The molecule has 0 bridgehead atoms. The first-order chi connectivity index (χ1) is 13.6. The quantitative estimate of drug-likeness (QED) is 0.633. The predicted molar refractivity (Wildman–Crippen MR) is 123 cm³/mol. The van der Waals surface area contributed by atoms with Crippen LogP contribution in [0.5, 0.6) is 0 Å². The van der Waals surface area contributed by atoms with Crippen molar-refractivity contribution in [2.45, 2.75) is 12.3 Å². The standard InChI is InChI=1S/C22H22BN3O2.H2S/c1-26-9-7-16-4-5-18(12-21(16)23(26)28)20(13-24)22(27)11-15-2-3-19-14-25-8-6-17(19)10-15;/h2-10,12,14,20,28H,11,13,24H2,1H3;1H2/t20-;/m1./s1. The maximum absolute atomic E-state index is 13.0. The number of carbonyl (C=O) groups is 1. The molecule has 0 aliphatic carbocycles. The molecular formula is C22H24BN3O2S. The molecule has 0 saturated heterocycles. The van der Waals surface area contributed by atoms with E-state index in [4.69, 9.17) is 5.73 Å². The van der Waals surface area contributed by atoms with Crippen molar-refractivity contribution in [1.29, 1.82) is 0 Å². The molecule has 0 unspecified atom stereocenters. The fraction of sp³-hybridized carbons (Fsp3) is 0.182. The van der Waals surface area contributed by atoms with Crippen molar-refractivity contribution in [1.82, 2.24) is 9.79 Å². The van der Waals surface area contributed by atoms with Crippen LogP contribution in [-0.2, 0) is 11.2 Å². The van der Waals surface area contributed by atoms with Crippen molar-refractivity contribution < 1.29 is 9.82 Å². The van der Waals surface area contributed by atoms with E-state index in [1.54, 1.807) is 11.0 Å². The van der Waals surface area contributed by atoms with E-state index >= 15 is 0 Å². The third-order valence-electron chi connectivity index (χ3n) is 5.37. The molecule has 4 rings (SSSR count). The molecule has 0 spiro atoms. The van der Waals surface area contributed by atoms with Crippen LogP contribution < -0.4 is 11.2 Å². The van der Waals surface area contributed by atoms with Gasteiger partial charge in [0, 0.05) is 30.7 Å². The SMILES string of the molecule is CN1C=Cc2ccc([C@@H](CN)C(=O)Cc3ccc4cnccc4c3)cc2B1O.S. The maximum Gasteiger partial charge on any atom is 0.449 e. The molecule has 0 radical (unpaired) electrons. The van der Waals surface area contributed by atoms with E-state index in [-0.39, 0.29) is 25.8 Å². The van der Waals surface area contributed by atoms with Crippen LogP contribution >= 0.6 is 13.5 Å². The van der Waals surface area contributed by atoms with E-state index in [0.717, 1.165) is 32.9 Å². The molecule has 3 aromatic rings. The average molecular weight is 405 g/mol. The molecule has 3 N–H and O–H groups in total. The molecule has 29 heavy (non-hydrogen) atoms. The fourth-order valence-electron chi connectivity index (χ4n) is 3.70. The van der Waals surface area contributed by atoms with Gasteiger partial charge in [0.15, 0.2) is 0 Å². The van der Waals surface area contributed by atoms with E-state index in [0.29, 0.717) is 6.42 Å². The lowest BCUT2D eigenvalue weighted by Gasteiger charge is -2.25. The third-order valence-corrected chi connectivity index (χ3v) is 5.37. The van der Waals surface area contributed by atoms with Crippen molar-refractivity contribution in [2.75, 3.05) is 13.6 Å². The topological polar surface area (TPSA) is 79.5 Å². The summed E-state index contributed by atoms with van der Waals surface area (Å²) < 4.78 is 0. The largest absolute Gasteiger partial charge is 0.449 e. The van der Waals surface area contributed by atoms with Crippen molar-refractivity contribution in [3.8, 4) is 0 Å². The van der Waals surface area contributed by atoms with E-state index in [1.807, 2.05) is 68.0 Å². The van der Waals surface area contributed by atoms with Crippen molar-refractivity contribution in [3.63, 3.8) is 0 Å². The molecule has 7 heteroatoms. The lowest BCUT2D eigenvalue weighted by atomic mass is 9.67. The monoisotopic (exact) mass is 405 g/mol. The molecule has 0 saturated carbocycles. The number of ketones is 1. The summed E-state index contributed by atoms with van der Waals surface area (Å²) in [5.74, 6) is -0.327. The van der Waals surface area contributed by atoms with Gasteiger partial charge < -0.3 is 15.6 Å². The minimum Gasteiger partial charge on any atom is -0.429 e. The molecule has 1 atom stereocenters. The average Bonchev–Trinajstić information content (AvgIpc) is 2.71. The lowest BCUT2D eigenvalue weighted by Crippen LogP contribution is -2.47. The van der Waals surface area contributed by atoms with Crippen molar-refractivity contribution in [3.05, 3.63) is 77.7 Å². The van der Waals surface area contributed by atoms with Crippen LogP contribution in [0.1, 0.15) is 22.6 Å². The van der Waals surface area contributed by atoms with Crippen LogP contribution in [0, 0.1) is 0 Å². The molecule has 1 aromatic heterocycles. The Kier molecular flexibility index (Phi) is 6.42. The van der Waals surface area contributed by atoms with Crippen LogP contribution in [0.15, 0.2) is 61.1 Å². The van der Waals surface area contributed by atoms with Gasteiger partial charge in [-0.3, -0.25) is 9.78 Å². The first-order valence-electron chi connectivity index (χ1n) is 9.34. The van der Waals surface area contributed by atoms with Crippen LogP contribution in [0.2, 0.25) is 0 Å². The number of fused-ring (bicyclic) bond motifs is 2. The van der Waals surface area contributed by atoms with Crippen LogP contribution in [0.3, 0.4) is 0 Å². The summed E-state index contributed by atoms with van der Waals surface area (Å²) in [5.41, 5.74) is 9.54. The minimum absolute atomic E-state index is 0. The van der Waals surface area contributed by atoms with E-state index in [1.165, 1.54) is 0 Å². The van der Waals surface area contributed by atoms with Gasteiger partial charge in [-0.25, -0.2) is 0 Å². The summed E-state index contributed by atoms with van der Waals surface area (Å²) in [6.07, 6.45) is 7.68. The smallest absolute Gasteiger partial charge is 0.429 e. The molecule has 1 aliphatic heterocycles. The summed E-state index contributed by atoms with van der Waals surface area (Å²) in [6, 6.07) is 13.7. The molecule has 5 nitrogen and oxygen atoms in total. The number of nitrogens with two attached hydrogens (primary N) is 1. The Morgan fingerprint density at radius 2 is 2.03 bits per heavy atom. The molecule has 0 amide bonds. The van der Waals surface area contributed by atoms with E-state index in [9.17, 15) is 9.82 Å². The Morgan fingerprint density at radius 3 is 2.83 bits per heavy atom. The summed E-state index contributed by atoms with van der Waals surface area (Å²) in [7, 11) is 1.10. The van der Waals surface area contributed by atoms with Gasteiger partial charge in [-0.1, -0.05) is 36.4 Å². The van der Waals surface area contributed by atoms with Gasteiger partial charge in [-0.2, -0.15) is 13.5 Å². The second-order valence-corrected chi connectivity index (χ2v) is 7.23. The van der Waals surface area contributed by atoms with Crippen LogP contribution in [0.4, 0.5) is 0 Å². The number of aromatic nitrogens is 1. The summed E-state index contributed by atoms with van der Waals surface area (Å²) in [4.78, 5) is 18.9. The van der Waals surface area contributed by atoms with Gasteiger partial charge in [0.2, 0.25) is 0 Å². The number of Topliss-reactive ketones (excluding diaryl/α,β-unsaturated/α-hetero) is 1. The number of rotatable bonds is 5. The molecule has 2 heterocycles. The normalized spacial score (nSPS) is 13.8. The Hall–Kier alpha value is -2.61. The molecule has 1 aliphatic rings. The zero-order valence-electron chi connectivity index (χ0n) is 16.2. The number of pyridine rings is 1. The van der Waals surface area contributed by atoms with Gasteiger partial charge in [0.1, 0.15) is 5.78 Å². The fourth-order valence-corrected chi connectivity index (χ4v) is 3.70. The second kappa shape index (κ2) is 8.82. The highest BCUT2D eigenvalue weighted by atomic mass is 32.1. The molecule has 0 fully saturated rings. The number of nitrogens with zero attached hydrogens (tertiary/aromatic N) is 2. The molecular weight excluding hydrogens is 381 g/mol. The highest BCUT2D eigenvalue weighted by Gasteiger charge is 2.27. The van der Waals surface area contributed by atoms with E-state index in [2.05, 4.69) is 4.98 Å². The van der Waals surface area contributed by atoms with Gasteiger partial charge in [0.25, 0.3) is 0 Å². The molecule has 148 valence electrons. The predicted octanol–water partition coefficient (Wildman–Crippen LogP) is 1.81. The Bertz CT molecular complexity index is 1070. The Balaban J connectivity index is 0.00000240. The van der Waals surface area contributed by atoms with Crippen molar-refractivity contribution in [2.24, 2.45) is 5.73 Å². The lowest BCUT2D eigenvalue weighted by molar-refractivity contribution is -0.119. The first kappa shape index (κ1) is 21.1. The van der Waals surface area contributed by atoms with Crippen LogP contribution in [0.25, 0.3) is 16.8 Å². The maximum atomic E-state index is 13.0. The summed E-state index contributed by atoms with van der Waals surface area (Å²) >= 11 is 0. The van der Waals surface area contributed by atoms with Gasteiger partial charge in [0.05, 0.1) is 5.92 Å². The number of carbonyl (C=O) groups excluding carboxylic acids is 1. The third kappa shape index (κ3) is 4.22. The second-order valence-electron chi connectivity index (χ2n) is 7.23. The number of benzene rings is 2. The number of hydrogen-bond donors (Lipinski definition) is 2. The minimum atomic E-state index is -0.720. The van der Waals surface area contributed by atoms with Crippen LogP contribution in [-0.4, -0.2) is 41.2 Å². The van der Waals surface area contributed by atoms with Gasteiger partial charge >= 0.3 is 7.05 Å². The summed E-state index contributed by atoms with van der Waals surface area (Å²) in [6.45, 7) is 0.233. The Morgan fingerprint density at radius 1 is 1.21 bits per heavy atom. The highest BCUT2D eigenvalue weighted by molar-refractivity contribution is 7.59. The Labute approximate surface area is 177 Å². The van der Waals surface area contributed by atoms with E-state index < -0.39 is 13.0 Å². The van der Waals surface area contributed by atoms with Gasteiger partial charge in [-0.05, 0) is 52.9 Å². The number of hydrogen-bond acceptors (Lipinski definition) is 5.